The number of rotatable bonds is 3. The second-order valence-corrected chi connectivity index (χ2v) is 10.6. The molecule has 2 N–H and O–H groups in total. The molecule has 0 radical (unpaired) electrons. The molecule has 228 valence electrons. The minimum atomic E-state index is -5.08. The van der Waals surface area contributed by atoms with Crippen LogP contribution in [0.25, 0.3) is 0 Å². The summed E-state index contributed by atoms with van der Waals surface area (Å²) < 4.78 is 70.1. The highest BCUT2D eigenvalue weighted by atomic mass is 19.4. The Hall–Kier alpha value is -2.38. The van der Waals surface area contributed by atoms with Crippen LogP contribution < -0.4 is 0 Å². The van der Waals surface area contributed by atoms with E-state index in [1.54, 1.807) is 0 Å². The van der Waals surface area contributed by atoms with Crippen LogP contribution in [0, 0.1) is 20.8 Å². The fourth-order valence-electron chi connectivity index (χ4n) is 5.56. The first-order chi connectivity index (χ1) is 18.5. The maximum atomic E-state index is 10.6. The van der Waals surface area contributed by atoms with E-state index >= 15 is 0 Å². The fraction of sp³-hybridized carbons (Fsp3) is 0.704. The van der Waals surface area contributed by atoms with Crippen LogP contribution in [0.15, 0.2) is 12.1 Å². The van der Waals surface area contributed by atoms with Gasteiger partial charge >= 0.3 is 24.3 Å². The summed E-state index contributed by atoms with van der Waals surface area (Å²) in [5.41, 5.74) is 5.84. The zero-order chi connectivity index (χ0) is 30.3. The number of morpholine rings is 1. The Morgan fingerprint density at radius 3 is 1.93 bits per heavy atom. The van der Waals surface area contributed by atoms with Crippen LogP contribution in [0.2, 0.25) is 0 Å². The molecule has 2 aliphatic heterocycles. The standard InChI is InChI=1S/C23H36N2O.2C2HF3O2/c1-18-14-20(3)21(15-19(18)2)16-24-12-13-26-23(17-24)9-5-4-8-22(23)25-10-6-7-11-25;2*3-2(4,5)1(6)7/h14-15,22H,4-13,16-17H2,1-3H3;2*(H,6,7). The van der Waals surface area contributed by atoms with E-state index in [2.05, 4.69) is 42.7 Å². The van der Waals surface area contributed by atoms with E-state index in [1.807, 2.05) is 0 Å². The fourth-order valence-corrected chi connectivity index (χ4v) is 5.56. The number of likely N-dealkylation sites (tertiary alicyclic amines) is 1. The van der Waals surface area contributed by atoms with Crippen molar-refractivity contribution in [1.29, 1.82) is 0 Å². The molecule has 13 heteroatoms. The van der Waals surface area contributed by atoms with Crippen LogP contribution in [-0.4, -0.2) is 88.7 Å². The summed E-state index contributed by atoms with van der Waals surface area (Å²) in [6, 6.07) is 5.41. The zero-order valence-corrected chi connectivity index (χ0v) is 23.0. The first-order valence-electron chi connectivity index (χ1n) is 13.2. The Morgan fingerprint density at radius 2 is 1.40 bits per heavy atom. The summed E-state index contributed by atoms with van der Waals surface area (Å²) in [5.74, 6) is -5.51. The number of hydrogen-bond donors (Lipinski definition) is 2. The van der Waals surface area contributed by atoms with Crippen molar-refractivity contribution in [3.63, 3.8) is 0 Å². The van der Waals surface area contributed by atoms with Gasteiger partial charge in [0, 0.05) is 25.7 Å². The van der Waals surface area contributed by atoms with Crippen molar-refractivity contribution in [2.45, 2.75) is 89.8 Å². The van der Waals surface area contributed by atoms with Gasteiger partial charge in [0.05, 0.1) is 12.2 Å². The number of carbonyl (C=O) groups is 2. The Labute approximate surface area is 230 Å². The lowest BCUT2D eigenvalue weighted by molar-refractivity contribution is -0.193. The van der Waals surface area contributed by atoms with E-state index in [0.29, 0.717) is 6.04 Å². The highest BCUT2D eigenvalue weighted by Gasteiger charge is 2.48. The third-order valence-corrected chi connectivity index (χ3v) is 7.64. The molecule has 2 unspecified atom stereocenters. The second-order valence-electron chi connectivity index (χ2n) is 10.6. The van der Waals surface area contributed by atoms with Crippen LogP contribution in [0.5, 0.6) is 0 Å². The van der Waals surface area contributed by atoms with Gasteiger partial charge in [0.15, 0.2) is 0 Å². The van der Waals surface area contributed by atoms with Gasteiger partial charge in [-0.15, -0.1) is 0 Å². The van der Waals surface area contributed by atoms with Crippen LogP contribution in [0.4, 0.5) is 26.3 Å². The molecular weight excluding hydrogens is 546 g/mol. The van der Waals surface area contributed by atoms with Gasteiger partial charge in [-0.2, -0.15) is 26.3 Å². The van der Waals surface area contributed by atoms with Crippen molar-refractivity contribution >= 4 is 11.9 Å². The molecule has 0 amide bonds. The molecule has 2 heterocycles. The van der Waals surface area contributed by atoms with Gasteiger partial charge in [0.25, 0.3) is 0 Å². The number of benzene rings is 1. The molecule has 4 rings (SSSR count). The van der Waals surface area contributed by atoms with E-state index in [0.717, 1.165) is 26.2 Å². The van der Waals surface area contributed by atoms with Gasteiger partial charge in [-0.05, 0) is 81.8 Å². The third-order valence-electron chi connectivity index (χ3n) is 7.64. The smallest absolute Gasteiger partial charge is 0.475 e. The van der Waals surface area contributed by atoms with Crippen LogP contribution in [0.1, 0.15) is 60.8 Å². The van der Waals surface area contributed by atoms with Crippen molar-refractivity contribution in [2.24, 2.45) is 0 Å². The minimum absolute atomic E-state index is 0.0779. The molecule has 2 saturated heterocycles. The quantitative estimate of drug-likeness (QED) is 0.455. The molecule has 40 heavy (non-hydrogen) atoms. The number of ether oxygens (including phenoxy) is 1. The number of carboxylic acid groups (broad SMARTS) is 2. The molecule has 2 atom stereocenters. The number of nitrogens with zero attached hydrogens (tertiary/aromatic N) is 2. The second kappa shape index (κ2) is 14.0. The van der Waals surface area contributed by atoms with E-state index in [-0.39, 0.29) is 5.60 Å². The Morgan fingerprint density at radius 1 is 0.875 bits per heavy atom. The molecule has 1 saturated carbocycles. The predicted molar refractivity (Wildman–Crippen MR) is 135 cm³/mol. The Bertz CT molecular complexity index is 982. The van der Waals surface area contributed by atoms with Crippen molar-refractivity contribution in [1.82, 2.24) is 9.80 Å². The molecule has 1 aromatic rings. The summed E-state index contributed by atoms with van der Waals surface area (Å²) in [6.45, 7) is 13.5. The number of halogens is 6. The van der Waals surface area contributed by atoms with Gasteiger partial charge < -0.3 is 14.9 Å². The molecular formula is C27H38F6N2O5. The minimum Gasteiger partial charge on any atom is -0.475 e. The van der Waals surface area contributed by atoms with Crippen molar-refractivity contribution in [3.05, 3.63) is 34.4 Å². The Balaban J connectivity index is 0.000000333. The normalized spacial score (nSPS) is 24.1. The Kier molecular flexibility index (Phi) is 11.8. The van der Waals surface area contributed by atoms with Crippen molar-refractivity contribution < 1.29 is 50.9 Å². The van der Waals surface area contributed by atoms with E-state index in [1.165, 1.54) is 73.9 Å². The molecule has 1 aliphatic carbocycles. The molecule has 7 nitrogen and oxygen atoms in total. The first-order valence-corrected chi connectivity index (χ1v) is 13.2. The summed E-state index contributed by atoms with van der Waals surface area (Å²) in [5, 5.41) is 14.2. The SMILES string of the molecule is Cc1cc(C)c(CN2CCOC3(CCCCC3N3CCCC3)C2)cc1C.O=C(O)C(F)(F)F.O=C(O)C(F)(F)F. The number of carboxylic acids is 2. The lowest BCUT2D eigenvalue weighted by Crippen LogP contribution is -2.63. The van der Waals surface area contributed by atoms with Crippen LogP contribution >= 0.6 is 0 Å². The molecule has 1 aromatic carbocycles. The summed E-state index contributed by atoms with van der Waals surface area (Å²) >= 11 is 0. The molecule has 3 fully saturated rings. The molecule has 3 aliphatic rings. The number of aliphatic carboxylic acids is 2. The topological polar surface area (TPSA) is 90.3 Å². The third kappa shape index (κ3) is 9.62. The number of aryl methyl sites for hydroxylation is 3. The first kappa shape index (κ1) is 33.8. The lowest BCUT2D eigenvalue weighted by atomic mass is 9.78. The van der Waals surface area contributed by atoms with Gasteiger partial charge in [-0.3, -0.25) is 9.80 Å². The van der Waals surface area contributed by atoms with E-state index in [4.69, 9.17) is 24.5 Å². The zero-order valence-electron chi connectivity index (χ0n) is 23.0. The van der Waals surface area contributed by atoms with Gasteiger partial charge in [-0.25, -0.2) is 9.59 Å². The average molecular weight is 585 g/mol. The van der Waals surface area contributed by atoms with Gasteiger partial charge in [0.1, 0.15) is 0 Å². The van der Waals surface area contributed by atoms with Gasteiger partial charge in [0.2, 0.25) is 0 Å². The van der Waals surface area contributed by atoms with E-state index in [9.17, 15) is 26.3 Å². The molecule has 0 bridgehead atoms. The predicted octanol–water partition coefficient (Wildman–Crippen LogP) is 5.49. The van der Waals surface area contributed by atoms with E-state index < -0.39 is 24.3 Å². The van der Waals surface area contributed by atoms with Crippen molar-refractivity contribution in [2.75, 3.05) is 32.8 Å². The summed E-state index contributed by atoms with van der Waals surface area (Å²) in [6.07, 6.45) is -2.13. The number of alkyl halides is 6. The van der Waals surface area contributed by atoms with Crippen LogP contribution in [-0.2, 0) is 20.9 Å². The molecule has 1 spiro atoms. The summed E-state index contributed by atoms with van der Waals surface area (Å²) in [4.78, 5) is 23.2. The average Bonchev–Trinajstić information content (AvgIpc) is 3.37. The lowest BCUT2D eigenvalue weighted by Gasteiger charge is -2.52. The van der Waals surface area contributed by atoms with Gasteiger partial charge in [-0.1, -0.05) is 25.0 Å². The molecule has 0 aromatic heterocycles. The number of hydrogen-bond acceptors (Lipinski definition) is 5. The maximum absolute atomic E-state index is 10.6. The largest absolute Gasteiger partial charge is 0.490 e. The highest BCUT2D eigenvalue weighted by molar-refractivity contribution is 5.73. The van der Waals surface area contributed by atoms with Crippen molar-refractivity contribution in [3.8, 4) is 0 Å². The monoisotopic (exact) mass is 584 g/mol. The summed E-state index contributed by atoms with van der Waals surface area (Å²) in [7, 11) is 0. The highest BCUT2D eigenvalue weighted by Crippen LogP contribution is 2.39. The van der Waals surface area contributed by atoms with Crippen LogP contribution in [0.3, 0.4) is 0 Å². The maximum Gasteiger partial charge on any atom is 0.490 e.